The Morgan fingerprint density at radius 3 is 2.65 bits per heavy atom. The summed E-state index contributed by atoms with van der Waals surface area (Å²) in [6.07, 6.45) is 5.05. The van der Waals surface area contributed by atoms with Gasteiger partial charge in [-0.3, -0.25) is 4.79 Å². The van der Waals surface area contributed by atoms with Crippen LogP contribution in [-0.2, 0) is 36.2 Å². The number of benzene rings is 1. The molecule has 2 aromatic heterocycles. The molecule has 2 atom stereocenters. The summed E-state index contributed by atoms with van der Waals surface area (Å²) in [5, 5.41) is 1.04. The molecule has 0 radical (unpaired) electrons. The normalized spacial score (nSPS) is 15.9. The van der Waals surface area contributed by atoms with Gasteiger partial charge in [0.25, 0.3) is 5.82 Å². The zero-order chi connectivity index (χ0) is 25.3. The van der Waals surface area contributed by atoms with Crippen molar-refractivity contribution in [3.8, 4) is 0 Å². The number of ketones is 1. The van der Waals surface area contributed by atoms with Crippen LogP contribution in [0, 0.1) is 18.3 Å². The number of halogens is 2. The molecule has 0 aliphatic heterocycles. The summed E-state index contributed by atoms with van der Waals surface area (Å²) in [6, 6.07) is 8.11. The van der Waals surface area contributed by atoms with Gasteiger partial charge in [-0.05, 0) is 37.3 Å². The van der Waals surface area contributed by atoms with E-state index in [1.807, 2.05) is 69.9 Å². The molecule has 1 aliphatic carbocycles. The van der Waals surface area contributed by atoms with E-state index in [2.05, 4.69) is 15.2 Å². The minimum atomic E-state index is -0.705. The van der Waals surface area contributed by atoms with Gasteiger partial charge in [0.1, 0.15) is 25.0 Å². The van der Waals surface area contributed by atoms with Crippen LogP contribution in [0.1, 0.15) is 55.5 Å². The lowest BCUT2D eigenvalue weighted by atomic mass is 9.85. The summed E-state index contributed by atoms with van der Waals surface area (Å²) in [6.45, 7) is 9.05. The van der Waals surface area contributed by atoms with Gasteiger partial charge in [-0.2, -0.15) is 4.57 Å². The number of carbonyl (C=O) groups is 2. The smallest absolute Gasteiger partial charge is 0.511 e. The van der Waals surface area contributed by atoms with E-state index < -0.39 is 6.16 Å². The molecule has 0 fully saturated rings. The molecule has 3 aromatic rings. The molecule has 2 unspecified atom stereocenters. The van der Waals surface area contributed by atoms with Crippen LogP contribution < -0.4 is 22.7 Å². The number of rotatable bonds is 7. The van der Waals surface area contributed by atoms with Gasteiger partial charge < -0.3 is 32.2 Å². The van der Waals surface area contributed by atoms with Gasteiger partial charge in [0.05, 0.1) is 5.92 Å². The molecule has 2 N–H and O–H groups in total. The Balaban J connectivity index is 0.00000241. The summed E-state index contributed by atoms with van der Waals surface area (Å²) >= 11 is 0. The Labute approximate surface area is 230 Å². The van der Waals surface area contributed by atoms with Crippen molar-refractivity contribution in [2.24, 2.45) is 24.1 Å². The molecule has 37 heavy (non-hydrogen) atoms. The molecule has 8 nitrogen and oxygen atoms in total. The standard InChI is InChI=1S/C27H37N4O4.2ClH/c1-18-30(14-15-31(18)17-34-26(33)35-23(12-13-28)27(2,3)4)16-19-10-11-22-24(25(19)32)20-8-6-7-9-21(20)29(22)5;;/h6-9,14-15,19,23H,10-13,16-17,28H2,1-5H3;2*1H/q+1;;/p-1. The van der Waals surface area contributed by atoms with E-state index in [1.165, 1.54) is 0 Å². The minimum absolute atomic E-state index is 0. The third kappa shape index (κ3) is 6.30. The average Bonchev–Trinajstić information content (AvgIpc) is 3.31. The predicted octanol–water partition coefficient (Wildman–Crippen LogP) is 1.32. The van der Waals surface area contributed by atoms with Crippen molar-refractivity contribution < 1.29 is 36.0 Å². The van der Waals surface area contributed by atoms with Crippen LogP contribution in [0.3, 0.4) is 0 Å². The molecule has 0 amide bonds. The molecule has 10 heteroatoms. The van der Waals surface area contributed by atoms with Crippen molar-refractivity contribution in [3.05, 3.63) is 53.7 Å². The van der Waals surface area contributed by atoms with Gasteiger partial charge in [0.2, 0.25) is 6.73 Å². The maximum atomic E-state index is 13.5. The number of aromatic nitrogens is 3. The number of imidazole rings is 1. The van der Waals surface area contributed by atoms with Crippen molar-refractivity contribution in [2.45, 2.75) is 66.3 Å². The van der Waals surface area contributed by atoms with Gasteiger partial charge in [0, 0.05) is 36.1 Å². The van der Waals surface area contributed by atoms with Crippen molar-refractivity contribution in [3.63, 3.8) is 0 Å². The van der Waals surface area contributed by atoms with Crippen molar-refractivity contribution in [1.29, 1.82) is 0 Å². The number of Topliss-reactive ketones (excluding diaryl/α,β-unsaturated/α-hetero) is 1. The fourth-order valence-electron chi connectivity index (χ4n) is 5.04. The number of hydrogen-bond donors (Lipinski definition) is 1. The molecular weight excluding hydrogens is 515 g/mol. The SMILES string of the molecule is Cc1n(CC2CCc3c(c4ccccc4n3C)C2=O)cc[n+]1COC(=O)OC(CCN)C(C)(C)C.Cl.[Cl-]. The maximum Gasteiger partial charge on any atom is 0.511 e. The van der Waals surface area contributed by atoms with E-state index in [4.69, 9.17) is 15.2 Å². The van der Waals surface area contributed by atoms with Crippen molar-refractivity contribution >= 4 is 35.2 Å². The van der Waals surface area contributed by atoms with Gasteiger partial charge in [-0.25, -0.2) is 9.36 Å². The highest BCUT2D eigenvalue weighted by atomic mass is 35.5. The summed E-state index contributed by atoms with van der Waals surface area (Å²) in [5.41, 5.74) is 8.54. The van der Waals surface area contributed by atoms with Gasteiger partial charge in [-0.15, -0.1) is 12.4 Å². The Hall–Kier alpha value is -2.55. The zero-order valence-corrected chi connectivity index (χ0v) is 23.8. The topological polar surface area (TPSA) is 92.4 Å². The Bertz CT molecular complexity index is 1250. The highest BCUT2D eigenvalue weighted by Crippen LogP contribution is 2.34. The number of hydrogen-bond acceptors (Lipinski definition) is 5. The first-order valence-electron chi connectivity index (χ1n) is 12.3. The number of fused-ring (bicyclic) bond motifs is 3. The predicted molar refractivity (Wildman–Crippen MR) is 140 cm³/mol. The second-order valence-corrected chi connectivity index (χ2v) is 10.5. The number of nitrogens with zero attached hydrogens (tertiary/aromatic N) is 3. The number of carbonyl (C=O) groups excluding carboxylic acids is 2. The summed E-state index contributed by atoms with van der Waals surface area (Å²) in [4.78, 5) is 25.8. The van der Waals surface area contributed by atoms with Gasteiger partial charge in [-0.1, -0.05) is 39.0 Å². The molecule has 0 saturated heterocycles. The summed E-state index contributed by atoms with van der Waals surface area (Å²) in [5.74, 6) is 1.02. The Morgan fingerprint density at radius 2 is 1.97 bits per heavy atom. The molecule has 204 valence electrons. The van der Waals surface area contributed by atoms with E-state index in [0.717, 1.165) is 40.8 Å². The number of para-hydroxylation sites is 1. The van der Waals surface area contributed by atoms with Crippen LogP contribution in [0.25, 0.3) is 10.9 Å². The van der Waals surface area contributed by atoms with E-state index >= 15 is 0 Å². The zero-order valence-electron chi connectivity index (χ0n) is 22.2. The van der Waals surface area contributed by atoms with E-state index in [-0.39, 0.29) is 54.8 Å². The van der Waals surface area contributed by atoms with Crippen molar-refractivity contribution in [1.82, 2.24) is 9.13 Å². The fraction of sp³-hybridized carbons (Fsp3) is 0.519. The molecule has 0 spiro atoms. The van der Waals surface area contributed by atoms with E-state index in [1.54, 1.807) is 0 Å². The van der Waals surface area contributed by atoms with Crippen molar-refractivity contribution in [2.75, 3.05) is 6.54 Å². The van der Waals surface area contributed by atoms with E-state index in [9.17, 15) is 9.59 Å². The fourth-order valence-corrected chi connectivity index (χ4v) is 5.04. The van der Waals surface area contributed by atoms with Crippen LogP contribution in [0.5, 0.6) is 0 Å². The third-order valence-electron chi connectivity index (χ3n) is 7.20. The molecule has 0 bridgehead atoms. The largest absolute Gasteiger partial charge is 1.00 e. The molecule has 1 aromatic carbocycles. The van der Waals surface area contributed by atoms with Crippen LogP contribution in [0.15, 0.2) is 36.7 Å². The van der Waals surface area contributed by atoms with E-state index in [0.29, 0.717) is 19.5 Å². The van der Waals surface area contributed by atoms with Crippen LogP contribution >= 0.6 is 12.4 Å². The lowest BCUT2D eigenvalue weighted by molar-refractivity contribution is -0.732. The molecule has 1 aliphatic rings. The summed E-state index contributed by atoms with van der Waals surface area (Å²) < 4.78 is 17.0. The quantitative estimate of drug-likeness (QED) is 0.352. The highest BCUT2D eigenvalue weighted by Gasteiger charge is 2.34. The van der Waals surface area contributed by atoms with Gasteiger partial charge in [0.15, 0.2) is 5.78 Å². The molecule has 0 saturated carbocycles. The average molecular weight is 554 g/mol. The second kappa shape index (κ2) is 12.3. The number of ether oxygens (including phenoxy) is 2. The first kappa shape index (κ1) is 30.7. The maximum absolute atomic E-state index is 13.5. The Morgan fingerprint density at radius 1 is 1.27 bits per heavy atom. The van der Waals surface area contributed by atoms with Gasteiger partial charge >= 0.3 is 6.16 Å². The summed E-state index contributed by atoms with van der Waals surface area (Å²) in [7, 11) is 2.04. The Kier molecular flexibility index (Phi) is 10.2. The van der Waals surface area contributed by atoms with Crippen LogP contribution in [-0.4, -0.2) is 33.7 Å². The van der Waals surface area contributed by atoms with Crippen LogP contribution in [0.2, 0.25) is 0 Å². The van der Waals surface area contributed by atoms with Crippen LogP contribution in [0.4, 0.5) is 4.79 Å². The lowest BCUT2D eigenvalue weighted by Crippen LogP contribution is -3.00. The monoisotopic (exact) mass is 552 g/mol. The third-order valence-corrected chi connectivity index (χ3v) is 7.20. The second-order valence-electron chi connectivity index (χ2n) is 10.5. The number of nitrogens with two attached hydrogens (primary N) is 1. The highest BCUT2D eigenvalue weighted by molar-refractivity contribution is 6.11. The number of aryl methyl sites for hydroxylation is 1. The molecule has 2 heterocycles. The lowest BCUT2D eigenvalue weighted by Gasteiger charge is -2.29. The first-order chi connectivity index (χ1) is 16.6. The first-order valence-corrected chi connectivity index (χ1v) is 12.3. The molecule has 4 rings (SSSR count). The minimum Gasteiger partial charge on any atom is -1.00 e. The molecular formula is C27H38Cl2N4O4.